The summed E-state index contributed by atoms with van der Waals surface area (Å²) in [4.78, 5) is 0. The van der Waals surface area contributed by atoms with Crippen LogP contribution < -0.4 is 39.4 Å². The van der Waals surface area contributed by atoms with Gasteiger partial charge in [-0.15, -0.1) is 5.75 Å². The Bertz CT molecular complexity index is 455. The van der Waals surface area contributed by atoms with Gasteiger partial charge in [0.1, 0.15) is 5.75 Å². The first-order valence-corrected chi connectivity index (χ1v) is 4.72. The normalized spacial score (nSPS) is 9.31. The first kappa shape index (κ1) is 13.1. The summed E-state index contributed by atoms with van der Waals surface area (Å²) in [5.41, 5.74) is 1.59. The second kappa shape index (κ2) is 5.94. The third kappa shape index (κ3) is 2.79. The first-order chi connectivity index (χ1) is 7.31. The molecule has 0 amide bonds. The zero-order valence-electron chi connectivity index (χ0n) is 9.44. The van der Waals surface area contributed by atoms with E-state index in [1.165, 1.54) is 6.07 Å². The maximum atomic E-state index is 11.6. The van der Waals surface area contributed by atoms with E-state index in [2.05, 4.69) is 0 Å². The molecule has 76 valence electrons. The predicted molar refractivity (Wildman–Crippen MR) is 57.9 cm³/mol. The van der Waals surface area contributed by atoms with Crippen molar-refractivity contribution in [1.82, 2.24) is 0 Å². The minimum Gasteiger partial charge on any atom is -0.872 e. The number of ether oxygens (including phenoxy) is 1. The van der Waals surface area contributed by atoms with Gasteiger partial charge in [-0.3, -0.25) is 0 Å². The molecule has 0 fully saturated rings. The Hall–Kier alpha value is -0.960. The fraction of sp³-hybridized carbons (Fsp3) is 0.0769. The van der Waals surface area contributed by atoms with Crippen LogP contribution in [0.1, 0.15) is 0 Å². The molecular formula is C13H11NaO2. The van der Waals surface area contributed by atoms with Gasteiger partial charge in [0.25, 0.3) is 0 Å². The molecule has 16 heavy (non-hydrogen) atoms. The van der Waals surface area contributed by atoms with E-state index in [9.17, 15) is 5.11 Å². The third-order valence-corrected chi connectivity index (χ3v) is 2.27. The van der Waals surface area contributed by atoms with Gasteiger partial charge in [0, 0.05) is 0 Å². The van der Waals surface area contributed by atoms with Gasteiger partial charge >= 0.3 is 29.6 Å². The van der Waals surface area contributed by atoms with Crippen LogP contribution in [-0.2, 0) is 0 Å². The van der Waals surface area contributed by atoms with Crippen molar-refractivity contribution in [3.05, 3.63) is 48.5 Å². The van der Waals surface area contributed by atoms with E-state index in [0.29, 0.717) is 11.3 Å². The summed E-state index contributed by atoms with van der Waals surface area (Å²) in [5.74, 6) is 0.718. The van der Waals surface area contributed by atoms with Crippen molar-refractivity contribution in [1.29, 1.82) is 0 Å². The standard InChI is InChI=1S/C13H12O2.Na/c1-15-11-7-8-13(14)12(9-11)10-5-3-2-4-6-10;/h2-9,14H,1H3;/q;+1/p-1. The first-order valence-electron chi connectivity index (χ1n) is 4.72. The van der Waals surface area contributed by atoms with Gasteiger partial charge in [0.2, 0.25) is 0 Å². The van der Waals surface area contributed by atoms with E-state index in [-0.39, 0.29) is 35.3 Å². The summed E-state index contributed by atoms with van der Waals surface area (Å²) < 4.78 is 5.09. The fourth-order valence-electron chi connectivity index (χ4n) is 1.48. The Balaban J connectivity index is 0.00000128. The molecule has 0 radical (unpaired) electrons. The summed E-state index contributed by atoms with van der Waals surface area (Å²) in [5, 5.41) is 11.6. The van der Waals surface area contributed by atoms with Crippen molar-refractivity contribution in [2.24, 2.45) is 0 Å². The van der Waals surface area contributed by atoms with Crippen LogP contribution in [0.15, 0.2) is 48.5 Å². The van der Waals surface area contributed by atoms with E-state index in [1.54, 1.807) is 19.2 Å². The predicted octanol–water partition coefficient (Wildman–Crippen LogP) is -0.560. The van der Waals surface area contributed by atoms with Gasteiger partial charge < -0.3 is 9.84 Å². The van der Waals surface area contributed by atoms with E-state index in [0.717, 1.165) is 5.56 Å². The van der Waals surface area contributed by atoms with Crippen LogP contribution in [0.2, 0.25) is 0 Å². The van der Waals surface area contributed by atoms with E-state index >= 15 is 0 Å². The Morgan fingerprint density at radius 2 is 1.69 bits per heavy atom. The van der Waals surface area contributed by atoms with Crippen molar-refractivity contribution >= 4 is 0 Å². The molecule has 0 aliphatic carbocycles. The monoisotopic (exact) mass is 222 g/mol. The van der Waals surface area contributed by atoms with Crippen LogP contribution in [-0.4, -0.2) is 7.11 Å². The van der Waals surface area contributed by atoms with E-state index in [4.69, 9.17) is 4.74 Å². The van der Waals surface area contributed by atoms with Crippen LogP contribution >= 0.6 is 0 Å². The molecule has 0 atom stereocenters. The van der Waals surface area contributed by atoms with E-state index in [1.807, 2.05) is 30.3 Å². The molecule has 2 nitrogen and oxygen atoms in total. The molecule has 0 N–H and O–H groups in total. The zero-order chi connectivity index (χ0) is 10.7. The van der Waals surface area contributed by atoms with Crippen LogP contribution in [0.25, 0.3) is 11.1 Å². The molecule has 0 saturated heterocycles. The van der Waals surface area contributed by atoms with Gasteiger partial charge in [0.05, 0.1) is 7.11 Å². The molecule has 0 heterocycles. The average Bonchev–Trinajstić information content (AvgIpc) is 2.31. The summed E-state index contributed by atoms with van der Waals surface area (Å²) in [6.07, 6.45) is 0. The topological polar surface area (TPSA) is 32.3 Å². The summed E-state index contributed by atoms with van der Waals surface area (Å²) >= 11 is 0. The molecule has 0 aromatic heterocycles. The summed E-state index contributed by atoms with van der Waals surface area (Å²) in [7, 11) is 1.59. The Morgan fingerprint density at radius 1 is 1.00 bits per heavy atom. The summed E-state index contributed by atoms with van der Waals surface area (Å²) in [6.45, 7) is 0. The SMILES string of the molecule is COc1ccc([O-])c(-c2ccccc2)c1.[Na+]. The van der Waals surface area contributed by atoms with Crippen molar-refractivity contribution in [2.75, 3.05) is 7.11 Å². The van der Waals surface area contributed by atoms with Crippen molar-refractivity contribution in [3.8, 4) is 22.6 Å². The quantitative estimate of drug-likeness (QED) is 0.638. The fourth-order valence-corrected chi connectivity index (χ4v) is 1.48. The number of rotatable bonds is 2. The molecular weight excluding hydrogens is 211 g/mol. The zero-order valence-corrected chi connectivity index (χ0v) is 11.4. The molecule has 0 unspecified atom stereocenters. The van der Waals surface area contributed by atoms with Gasteiger partial charge in [-0.25, -0.2) is 0 Å². The maximum Gasteiger partial charge on any atom is 1.00 e. The van der Waals surface area contributed by atoms with Crippen molar-refractivity contribution < 1.29 is 39.4 Å². The average molecular weight is 222 g/mol. The minimum atomic E-state index is 0. The molecule has 0 aliphatic rings. The number of hydrogen-bond acceptors (Lipinski definition) is 2. The van der Waals surface area contributed by atoms with Crippen molar-refractivity contribution in [2.45, 2.75) is 0 Å². The molecule has 2 aromatic rings. The Morgan fingerprint density at radius 3 is 2.31 bits per heavy atom. The number of hydrogen-bond donors (Lipinski definition) is 0. The van der Waals surface area contributed by atoms with Gasteiger partial charge in [-0.05, 0) is 23.3 Å². The molecule has 3 heteroatoms. The van der Waals surface area contributed by atoms with Crippen LogP contribution in [0.3, 0.4) is 0 Å². The minimum absolute atomic E-state index is 0. The van der Waals surface area contributed by atoms with Gasteiger partial charge in [-0.2, -0.15) is 0 Å². The molecule has 0 saturated carbocycles. The molecule has 0 bridgehead atoms. The Kier molecular flexibility index (Phi) is 4.87. The second-order valence-electron chi connectivity index (χ2n) is 3.23. The Labute approximate surface area is 117 Å². The van der Waals surface area contributed by atoms with Gasteiger partial charge in [0.15, 0.2) is 0 Å². The molecule has 2 rings (SSSR count). The molecule has 0 spiro atoms. The van der Waals surface area contributed by atoms with E-state index < -0.39 is 0 Å². The largest absolute Gasteiger partial charge is 1.00 e. The van der Waals surface area contributed by atoms with Crippen LogP contribution in [0, 0.1) is 0 Å². The molecule has 0 aliphatic heterocycles. The third-order valence-electron chi connectivity index (χ3n) is 2.27. The summed E-state index contributed by atoms with van der Waals surface area (Å²) in [6, 6.07) is 14.5. The number of methoxy groups -OCH3 is 1. The maximum absolute atomic E-state index is 11.6. The van der Waals surface area contributed by atoms with Crippen LogP contribution in [0.5, 0.6) is 11.5 Å². The molecule has 2 aromatic carbocycles. The second-order valence-corrected chi connectivity index (χ2v) is 3.23. The smallest absolute Gasteiger partial charge is 0.872 e. The van der Waals surface area contributed by atoms with Crippen molar-refractivity contribution in [3.63, 3.8) is 0 Å². The van der Waals surface area contributed by atoms with Crippen LogP contribution in [0.4, 0.5) is 0 Å². The number of benzene rings is 2. The van der Waals surface area contributed by atoms with Gasteiger partial charge in [-0.1, -0.05) is 36.4 Å².